The molecule has 3 nitrogen and oxygen atoms in total. The van der Waals surface area contributed by atoms with Crippen molar-refractivity contribution in [2.75, 3.05) is 0 Å². The van der Waals surface area contributed by atoms with Gasteiger partial charge in [0, 0.05) is 12.1 Å². The molecule has 0 bridgehead atoms. The number of nitrogens with zero attached hydrogens (tertiary/aromatic N) is 1. The Morgan fingerprint density at radius 2 is 2.29 bits per heavy atom. The quantitative estimate of drug-likeness (QED) is 0.785. The van der Waals surface area contributed by atoms with Gasteiger partial charge in [-0.2, -0.15) is 0 Å². The van der Waals surface area contributed by atoms with E-state index in [-0.39, 0.29) is 0 Å². The zero-order chi connectivity index (χ0) is 9.97. The Labute approximate surface area is 82.6 Å². The number of hydrogen-bond acceptors (Lipinski definition) is 3. The summed E-state index contributed by atoms with van der Waals surface area (Å²) in [6.45, 7) is 2.45. The number of aromatic nitrogens is 1. The van der Waals surface area contributed by atoms with Gasteiger partial charge in [-0.1, -0.05) is 18.2 Å². The van der Waals surface area contributed by atoms with E-state index in [0.29, 0.717) is 6.54 Å². The van der Waals surface area contributed by atoms with E-state index in [9.17, 15) is 0 Å². The zero-order valence-corrected chi connectivity index (χ0v) is 8.03. The summed E-state index contributed by atoms with van der Waals surface area (Å²) in [6, 6.07) is 8.01. The number of rotatable bonds is 2. The molecular weight excluding hydrogens is 176 g/mol. The van der Waals surface area contributed by atoms with Crippen LogP contribution in [-0.2, 0) is 6.54 Å². The number of hydrogen-bond donors (Lipinski definition) is 1. The third-order valence-electron chi connectivity index (χ3n) is 2.18. The Morgan fingerprint density at radius 1 is 1.43 bits per heavy atom. The lowest BCUT2D eigenvalue weighted by Crippen LogP contribution is -1.95. The van der Waals surface area contributed by atoms with Crippen molar-refractivity contribution in [2.45, 2.75) is 13.5 Å². The maximum absolute atomic E-state index is 5.57. The summed E-state index contributed by atoms with van der Waals surface area (Å²) in [6.07, 6.45) is 1.46. The SMILES string of the molecule is Cc1ocnc1-c1cccc(CN)c1. The molecule has 3 heteroatoms. The van der Waals surface area contributed by atoms with E-state index in [4.69, 9.17) is 10.2 Å². The Balaban J connectivity index is 2.47. The van der Waals surface area contributed by atoms with Gasteiger partial charge in [-0.25, -0.2) is 4.98 Å². The van der Waals surface area contributed by atoms with Crippen LogP contribution < -0.4 is 5.73 Å². The molecule has 1 heterocycles. The minimum absolute atomic E-state index is 0.546. The van der Waals surface area contributed by atoms with E-state index in [0.717, 1.165) is 22.6 Å². The van der Waals surface area contributed by atoms with Crippen LogP contribution in [0.4, 0.5) is 0 Å². The van der Waals surface area contributed by atoms with Crippen molar-refractivity contribution >= 4 is 0 Å². The maximum atomic E-state index is 5.57. The van der Waals surface area contributed by atoms with Crippen molar-refractivity contribution in [2.24, 2.45) is 5.73 Å². The second-order valence-corrected chi connectivity index (χ2v) is 3.16. The molecule has 72 valence electrons. The van der Waals surface area contributed by atoms with Crippen molar-refractivity contribution in [3.8, 4) is 11.3 Å². The second kappa shape index (κ2) is 3.64. The molecule has 2 aromatic rings. The molecule has 2 rings (SSSR count). The molecule has 0 fully saturated rings. The van der Waals surface area contributed by atoms with Crippen LogP contribution in [0.5, 0.6) is 0 Å². The number of benzene rings is 1. The highest BCUT2D eigenvalue weighted by atomic mass is 16.3. The first-order valence-corrected chi connectivity index (χ1v) is 4.50. The lowest BCUT2D eigenvalue weighted by atomic mass is 10.1. The van der Waals surface area contributed by atoms with E-state index in [1.165, 1.54) is 6.39 Å². The highest BCUT2D eigenvalue weighted by molar-refractivity contribution is 5.61. The summed E-state index contributed by atoms with van der Waals surface area (Å²) in [5.41, 5.74) is 8.61. The first-order chi connectivity index (χ1) is 6.81. The van der Waals surface area contributed by atoms with E-state index in [1.807, 2.05) is 31.2 Å². The molecule has 0 aliphatic carbocycles. The van der Waals surface area contributed by atoms with E-state index in [1.54, 1.807) is 0 Å². The van der Waals surface area contributed by atoms with Crippen molar-refractivity contribution in [3.05, 3.63) is 42.0 Å². The van der Waals surface area contributed by atoms with Crippen molar-refractivity contribution < 1.29 is 4.42 Å². The fourth-order valence-corrected chi connectivity index (χ4v) is 1.43. The first-order valence-electron chi connectivity index (χ1n) is 4.50. The third kappa shape index (κ3) is 1.54. The maximum Gasteiger partial charge on any atom is 0.181 e. The van der Waals surface area contributed by atoms with Gasteiger partial charge >= 0.3 is 0 Å². The molecule has 1 aromatic heterocycles. The van der Waals surface area contributed by atoms with Gasteiger partial charge in [-0.3, -0.25) is 0 Å². The van der Waals surface area contributed by atoms with E-state index < -0.39 is 0 Å². The molecule has 2 N–H and O–H groups in total. The molecule has 0 unspecified atom stereocenters. The second-order valence-electron chi connectivity index (χ2n) is 3.16. The van der Waals surface area contributed by atoms with Gasteiger partial charge in [0.1, 0.15) is 11.5 Å². The highest BCUT2D eigenvalue weighted by Gasteiger charge is 2.05. The van der Waals surface area contributed by atoms with E-state index in [2.05, 4.69) is 4.98 Å². The molecule has 0 aliphatic heterocycles. The van der Waals surface area contributed by atoms with Crippen LogP contribution in [0.1, 0.15) is 11.3 Å². The topological polar surface area (TPSA) is 52.0 Å². The molecule has 0 saturated heterocycles. The minimum atomic E-state index is 0.546. The fraction of sp³-hybridized carbons (Fsp3) is 0.182. The van der Waals surface area contributed by atoms with Crippen LogP contribution in [0, 0.1) is 6.92 Å². The molecule has 0 amide bonds. The normalized spacial score (nSPS) is 10.4. The lowest BCUT2D eigenvalue weighted by molar-refractivity contribution is 0.527. The standard InChI is InChI=1S/C11H12N2O/c1-8-11(13-7-14-8)10-4-2-3-9(5-10)6-12/h2-5,7H,6,12H2,1H3. The summed E-state index contributed by atoms with van der Waals surface area (Å²) >= 11 is 0. The Morgan fingerprint density at radius 3 is 2.93 bits per heavy atom. The predicted molar refractivity (Wildman–Crippen MR) is 54.6 cm³/mol. The van der Waals surface area contributed by atoms with Crippen LogP contribution in [0.2, 0.25) is 0 Å². The zero-order valence-electron chi connectivity index (χ0n) is 8.03. The van der Waals surface area contributed by atoms with Gasteiger partial charge < -0.3 is 10.2 Å². The summed E-state index contributed by atoms with van der Waals surface area (Å²) < 4.78 is 5.15. The van der Waals surface area contributed by atoms with Crippen LogP contribution in [0.25, 0.3) is 11.3 Å². The molecule has 0 aliphatic rings. The Kier molecular flexibility index (Phi) is 2.33. The predicted octanol–water partition coefficient (Wildman–Crippen LogP) is 2.11. The third-order valence-corrected chi connectivity index (χ3v) is 2.18. The van der Waals surface area contributed by atoms with Crippen molar-refractivity contribution in [1.29, 1.82) is 0 Å². The van der Waals surface area contributed by atoms with Gasteiger partial charge in [-0.15, -0.1) is 0 Å². The lowest BCUT2D eigenvalue weighted by Gasteiger charge is -2.00. The Hall–Kier alpha value is -1.61. The van der Waals surface area contributed by atoms with Crippen LogP contribution in [-0.4, -0.2) is 4.98 Å². The minimum Gasteiger partial charge on any atom is -0.448 e. The van der Waals surface area contributed by atoms with Gasteiger partial charge in [0.25, 0.3) is 0 Å². The van der Waals surface area contributed by atoms with Gasteiger partial charge in [0.15, 0.2) is 6.39 Å². The van der Waals surface area contributed by atoms with Crippen molar-refractivity contribution in [3.63, 3.8) is 0 Å². The van der Waals surface area contributed by atoms with Crippen LogP contribution >= 0.6 is 0 Å². The smallest absolute Gasteiger partial charge is 0.181 e. The average molecular weight is 188 g/mol. The molecule has 14 heavy (non-hydrogen) atoms. The average Bonchev–Trinajstić information content (AvgIpc) is 2.65. The first kappa shape index (κ1) is 8.97. The largest absolute Gasteiger partial charge is 0.448 e. The molecular formula is C11H12N2O. The van der Waals surface area contributed by atoms with Gasteiger partial charge in [-0.05, 0) is 18.6 Å². The molecule has 1 aromatic carbocycles. The highest BCUT2D eigenvalue weighted by Crippen LogP contribution is 2.21. The van der Waals surface area contributed by atoms with Crippen LogP contribution in [0.15, 0.2) is 35.1 Å². The molecule has 0 saturated carbocycles. The Bertz CT molecular complexity index is 434. The molecule has 0 spiro atoms. The summed E-state index contributed by atoms with van der Waals surface area (Å²) in [5.74, 6) is 0.833. The summed E-state index contributed by atoms with van der Waals surface area (Å²) in [5, 5.41) is 0. The number of oxazole rings is 1. The molecule has 0 radical (unpaired) electrons. The molecule has 0 atom stereocenters. The monoisotopic (exact) mass is 188 g/mol. The van der Waals surface area contributed by atoms with E-state index >= 15 is 0 Å². The van der Waals surface area contributed by atoms with Gasteiger partial charge in [0.05, 0.1) is 0 Å². The summed E-state index contributed by atoms with van der Waals surface area (Å²) in [4.78, 5) is 4.15. The fourth-order valence-electron chi connectivity index (χ4n) is 1.43. The van der Waals surface area contributed by atoms with Gasteiger partial charge in [0.2, 0.25) is 0 Å². The number of nitrogens with two attached hydrogens (primary N) is 1. The number of aryl methyl sites for hydroxylation is 1. The van der Waals surface area contributed by atoms with Crippen molar-refractivity contribution in [1.82, 2.24) is 4.98 Å². The summed E-state index contributed by atoms with van der Waals surface area (Å²) in [7, 11) is 0. The van der Waals surface area contributed by atoms with Crippen LogP contribution in [0.3, 0.4) is 0 Å².